The van der Waals surface area contributed by atoms with Crippen LogP contribution in [-0.2, 0) is 0 Å². The van der Waals surface area contributed by atoms with Gasteiger partial charge in [-0.2, -0.15) is 0 Å². The molecule has 0 spiro atoms. The molecular weight excluding hydrogens is 438 g/mol. The Morgan fingerprint density at radius 3 is 2.97 bits per heavy atom. The van der Waals surface area contributed by atoms with Crippen LogP contribution in [0.5, 0.6) is 0 Å². The molecule has 1 saturated heterocycles. The number of nitrogens with zero attached hydrogens (tertiary/aromatic N) is 3. The normalized spacial score (nSPS) is 33.6. The van der Waals surface area contributed by atoms with E-state index < -0.39 is 0 Å². The van der Waals surface area contributed by atoms with Gasteiger partial charge in [-0.25, -0.2) is 4.99 Å². The van der Waals surface area contributed by atoms with Crippen molar-refractivity contribution in [1.29, 1.82) is 0 Å². The predicted molar refractivity (Wildman–Crippen MR) is 142 cm³/mol. The third kappa shape index (κ3) is 7.81. The summed E-state index contributed by atoms with van der Waals surface area (Å²) >= 11 is 3.35. The molecule has 7 nitrogen and oxygen atoms in total. The molecule has 32 heavy (non-hydrogen) atoms. The van der Waals surface area contributed by atoms with Gasteiger partial charge >= 0.3 is 0 Å². The average Bonchev–Trinajstić information content (AvgIpc) is 2.84. The molecule has 2 unspecified atom stereocenters. The zero-order chi connectivity index (χ0) is 23.0. The van der Waals surface area contributed by atoms with Gasteiger partial charge in [-0.3, -0.25) is 14.9 Å². The molecule has 1 aliphatic carbocycles. The van der Waals surface area contributed by atoms with Crippen LogP contribution in [0.15, 0.2) is 40.8 Å². The Labute approximate surface area is 202 Å². The van der Waals surface area contributed by atoms with Crippen LogP contribution in [0.2, 0.25) is 0 Å². The van der Waals surface area contributed by atoms with Crippen LogP contribution in [0.1, 0.15) is 32.6 Å². The lowest BCUT2D eigenvalue weighted by molar-refractivity contribution is 0.191. The van der Waals surface area contributed by atoms with Crippen LogP contribution >= 0.6 is 23.7 Å². The van der Waals surface area contributed by atoms with E-state index in [0.717, 1.165) is 82.0 Å². The summed E-state index contributed by atoms with van der Waals surface area (Å²) in [7, 11) is 2.24. The summed E-state index contributed by atoms with van der Waals surface area (Å²) < 4.78 is -0.0326. The van der Waals surface area contributed by atoms with Crippen molar-refractivity contribution in [2.45, 2.75) is 48.8 Å². The number of hydrogen-bond donors (Lipinski definition) is 4. The van der Waals surface area contributed by atoms with Crippen LogP contribution in [0.4, 0.5) is 0 Å². The van der Waals surface area contributed by atoms with Crippen LogP contribution in [-0.4, -0.2) is 84.2 Å². The summed E-state index contributed by atoms with van der Waals surface area (Å²) in [5, 5.41) is 13.2. The number of thioether (sulfide) groups is 1. The Balaban J connectivity index is 1.55. The fourth-order valence-electron chi connectivity index (χ4n) is 4.43. The van der Waals surface area contributed by atoms with E-state index in [1.165, 1.54) is 11.9 Å². The summed E-state index contributed by atoms with van der Waals surface area (Å²) in [5.41, 5.74) is 8.62. The van der Waals surface area contributed by atoms with Gasteiger partial charge in [0.15, 0.2) is 0 Å². The van der Waals surface area contributed by atoms with Crippen molar-refractivity contribution in [3.05, 3.63) is 35.8 Å². The van der Waals surface area contributed by atoms with Gasteiger partial charge in [0.05, 0.1) is 5.37 Å². The van der Waals surface area contributed by atoms with Crippen molar-refractivity contribution in [1.82, 2.24) is 20.4 Å². The van der Waals surface area contributed by atoms with Crippen LogP contribution < -0.4 is 21.5 Å². The zero-order valence-electron chi connectivity index (χ0n) is 19.7. The van der Waals surface area contributed by atoms with E-state index >= 15 is 0 Å². The number of aliphatic imine (C=N–C) groups is 1. The lowest BCUT2D eigenvalue weighted by atomic mass is 9.92. The topological polar surface area (TPSA) is 94.9 Å². The van der Waals surface area contributed by atoms with Crippen molar-refractivity contribution in [3.63, 3.8) is 0 Å². The van der Waals surface area contributed by atoms with Gasteiger partial charge < -0.3 is 16.4 Å². The standard InChI is InChI=1S/C23H41N7S2/c1-18(28-20-7-4-8-23(2,14-20)32-25)27-15-19-6-5-11-29(3)22(31-17-21(19)24)16-30-12-9-26-10-13-30/h4,8,15,20,22,26,28H,1,5-7,9-14,16-17,24-25H2,2-3H3/b21-19-,27-15-/t20?,22?,23-/m0/s1. The second-order valence-electron chi connectivity index (χ2n) is 9.27. The molecule has 3 aliphatic rings. The molecule has 3 rings (SSSR count). The first-order valence-corrected chi connectivity index (χ1v) is 13.6. The second kappa shape index (κ2) is 12.5. The molecule has 0 saturated carbocycles. The van der Waals surface area contributed by atoms with E-state index in [0.29, 0.717) is 17.2 Å². The summed E-state index contributed by atoms with van der Waals surface area (Å²) in [5.74, 6) is 1.53. The van der Waals surface area contributed by atoms with Crippen molar-refractivity contribution in [2.75, 3.05) is 52.1 Å². The number of nitrogens with two attached hydrogens (primary N) is 2. The van der Waals surface area contributed by atoms with Crippen molar-refractivity contribution < 1.29 is 0 Å². The predicted octanol–water partition coefficient (Wildman–Crippen LogP) is 2.11. The molecule has 6 N–H and O–H groups in total. The highest BCUT2D eigenvalue weighted by atomic mass is 32.2. The minimum atomic E-state index is -0.0326. The molecule has 0 aromatic carbocycles. The van der Waals surface area contributed by atoms with E-state index in [2.05, 4.69) is 58.1 Å². The van der Waals surface area contributed by atoms with Gasteiger partial charge in [0.2, 0.25) is 0 Å². The van der Waals surface area contributed by atoms with E-state index in [4.69, 9.17) is 10.9 Å². The summed E-state index contributed by atoms with van der Waals surface area (Å²) in [6, 6.07) is 0.299. The van der Waals surface area contributed by atoms with Crippen molar-refractivity contribution in [3.8, 4) is 0 Å². The van der Waals surface area contributed by atoms with E-state index in [1.807, 2.05) is 18.0 Å². The van der Waals surface area contributed by atoms with Gasteiger partial charge in [0.25, 0.3) is 0 Å². The Bertz CT molecular complexity index is 717. The van der Waals surface area contributed by atoms with Gasteiger partial charge in [0.1, 0.15) is 5.82 Å². The van der Waals surface area contributed by atoms with Crippen LogP contribution in [0, 0.1) is 0 Å². The molecule has 1 fully saturated rings. The smallest absolute Gasteiger partial charge is 0.118 e. The SMILES string of the molecule is C=C(/N=C\C1=C(/N)CSC(CN2CCNCC2)N(C)CCC1)NC1CC=C[C@](C)(SN)C1. The van der Waals surface area contributed by atoms with Gasteiger partial charge in [-0.1, -0.05) is 30.7 Å². The minimum absolute atomic E-state index is 0.0326. The summed E-state index contributed by atoms with van der Waals surface area (Å²) in [6.07, 6.45) is 10.3. The number of rotatable bonds is 7. The average molecular weight is 480 g/mol. The zero-order valence-corrected chi connectivity index (χ0v) is 21.3. The maximum Gasteiger partial charge on any atom is 0.118 e. The molecule has 9 heteroatoms. The Hall–Kier alpha value is -0.970. The third-order valence-electron chi connectivity index (χ3n) is 6.48. The molecule has 0 aromatic rings. The van der Waals surface area contributed by atoms with Crippen LogP contribution in [0.25, 0.3) is 0 Å². The van der Waals surface area contributed by atoms with E-state index in [1.54, 1.807) is 0 Å². The Morgan fingerprint density at radius 2 is 2.22 bits per heavy atom. The van der Waals surface area contributed by atoms with E-state index in [9.17, 15) is 0 Å². The maximum absolute atomic E-state index is 6.53. The quantitative estimate of drug-likeness (QED) is 0.251. The number of piperazine rings is 1. The molecule has 180 valence electrons. The van der Waals surface area contributed by atoms with Crippen molar-refractivity contribution in [2.24, 2.45) is 15.9 Å². The first kappa shape index (κ1) is 25.6. The maximum atomic E-state index is 6.53. The van der Waals surface area contributed by atoms with Gasteiger partial charge in [-0.15, -0.1) is 11.8 Å². The van der Waals surface area contributed by atoms with Crippen molar-refractivity contribution >= 4 is 29.9 Å². The fourth-order valence-corrected chi connectivity index (χ4v) is 6.14. The molecular formula is C23H41N7S2. The number of hydrogen-bond acceptors (Lipinski definition) is 9. The van der Waals surface area contributed by atoms with Gasteiger partial charge in [-0.05, 0) is 51.8 Å². The van der Waals surface area contributed by atoms with E-state index in [-0.39, 0.29) is 4.75 Å². The Morgan fingerprint density at radius 1 is 1.44 bits per heavy atom. The van der Waals surface area contributed by atoms with Gasteiger partial charge in [0, 0.05) is 61.2 Å². The molecule has 3 atom stereocenters. The highest BCUT2D eigenvalue weighted by Gasteiger charge is 2.28. The lowest BCUT2D eigenvalue weighted by Crippen LogP contribution is -2.48. The summed E-state index contributed by atoms with van der Waals surface area (Å²) in [4.78, 5) is 9.69. The Kier molecular flexibility index (Phi) is 10.0. The number of allylic oxidation sites excluding steroid dienone is 1. The largest absolute Gasteiger partial charge is 0.401 e. The molecule has 2 aliphatic heterocycles. The monoisotopic (exact) mass is 479 g/mol. The first-order chi connectivity index (χ1) is 15.4. The number of nitrogens with one attached hydrogen (secondary N) is 2. The highest BCUT2D eigenvalue weighted by Crippen LogP contribution is 2.32. The first-order valence-electron chi connectivity index (χ1n) is 11.7. The summed E-state index contributed by atoms with van der Waals surface area (Å²) in [6.45, 7) is 12.9. The highest BCUT2D eigenvalue weighted by molar-refractivity contribution is 8.00. The molecule has 0 aromatic heterocycles. The molecule has 0 radical (unpaired) electrons. The number of likely N-dealkylation sites (N-methyl/N-ethyl adjacent to an activating group) is 1. The lowest BCUT2D eigenvalue weighted by Gasteiger charge is -2.34. The molecule has 0 amide bonds. The molecule has 0 bridgehead atoms. The molecule has 2 heterocycles. The third-order valence-corrected chi connectivity index (χ3v) is 8.69. The second-order valence-corrected chi connectivity index (χ2v) is 11.6. The fraction of sp³-hybridized carbons (Fsp3) is 0.696. The van der Waals surface area contributed by atoms with Crippen LogP contribution in [0.3, 0.4) is 0 Å². The minimum Gasteiger partial charge on any atom is -0.401 e.